The molecule has 1 amide bonds. The molecule has 7 nitrogen and oxygen atoms in total. The van der Waals surface area contributed by atoms with Gasteiger partial charge < -0.3 is 10.4 Å². The van der Waals surface area contributed by atoms with Crippen LogP contribution in [0.2, 0.25) is 0 Å². The van der Waals surface area contributed by atoms with Gasteiger partial charge >= 0.3 is 5.97 Å². The van der Waals surface area contributed by atoms with E-state index < -0.39 is 17.9 Å². The van der Waals surface area contributed by atoms with Gasteiger partial charge in [0.1, 0.15) is 16.7 Å². The standard InChI is InChI=1S/C14H17N3O4S/c1-5-8(14(20)21)16-11(18)10-6(2)9-12(22-10)15-7(3)17(4)13(9)19/h8H,5H2,1-4H3,(H,16,18)(H,20,21). The molecule has 2 rings (SSSR count). The first-order chi connectivity index (χ1) is 10.3. The second-order valence-corrected chi connectivity index (χ2v) is 6.03. The minimum absolute atomic E-state index is 0.208. The fourth-order valence-corrected chi connectivity index (χ4v) is 3.26. The van der Waals surface area contributed by atoms with Crippen molar-refractivity contribution < 1.29 is 14.7 Å². The maximum absolute atomic E-state index is 12.3. The molecule has 0 saturated heterocycles. The molecule has 0 saturated carbocycles. The van der Waals surface area contributed by atoms with Crippen molar-refractivity contribution in [2.24, 2.45) is 7.05 Å². The highest BCUT2D eigenvalue weighted by molar-refractivity contribution is 7.20. The Morgan fingerprint density at radius 3 is 2.59 bits per heavy atom. The molecule has 0 bridgehead atoms. The first kappa shape index (κ1) is 16.2. The van der Waals surface area contributed by atoms with Crippen molar-refractivity contribution in [3.8, 4) is 0 Å². The number of carboxylic acids is 1. The summed E-state index contributed by atoms with van der Waals surface area (Å²) in [6.07, 6.45) is 0.282. The van der Waals surface area contributed by atoms with E-state index in [4.69, 9.17) is 5.11 Å². The molecule has 118 valence electrons. The van der Waals surface area contributed by atoms with Gasteiger partial charge in [-0.25, -0.2) is 9.78 Å². The largest absolute Gasteiger partial charge is 0.480 e. The maximum atomic E-state index is 12.3. The number of aryl methyl sites for hydroxylation is 2. The summed E-state index contributed by atoms with van der Waals surface area (Å²) in [5, 5.41) is 11.9. The number of nitrogens with one attached hydrogen (secondary N) is 1. The number of amides is 1. The number of aliphatic carboxylic acids is 1. The van der Waals surface area contributed by atoms with Gasteiger partial charge in [0.2, 0.25) is 0 Å². The van der Waals surface area contributed by atoms with Crippen molar-refractivity contribution in [2.45, 2.75) is 33.2 Å². The van der Waals surface area contributed by atoms with Gasteiger partial charge in [-0.05, 0) is 25.8 Å². The Labute approximate surface area is 130 Å². The third kappa shape index (κ3) is 2.61. The van der Waals surface area contributed by atoms with Crippen LogP contribution in [0.4, 0.5) is 0 Å². The van der Waals surface area contributed by atoms with E-state index in [0.29, 0.717) is 26.5 Å². The Morgan fingerprint density at radius 2 is 2.05 bits per heavy atom. The van der Waals surface area contributed by atoms with Crippen molar-refractivity contribution in [3.63, 3.8) is 0 Å². The lowest BCUT2D eigenvalue weighted by molar-refractivity contribution is -0.139. The lowest BCUT2D eigenvalue weighted by Gasteiger charge is -2.11. The summed E-state index contributed by atoms with van der Waals surface area (Å²) in [6, 6.07) is -0.949. The Hall–Kier alpha value is -2.22. The van der Waals surface area contributed by atoms with Gasteiger partial charge in [0.05, 0.1) is 10.3 Å². The third-order valence-corrected chi connectivity index (χ3v) is 4.80. The third-order valence-electron chi connectivity index (χ3n) is 3.61. The van der Waals surface area contributed by atoms with E-state index in [1.165, 1.54) is 4.57 Å². The van der Waals surface area contributed by atoms with Gasteiger partial charge in [-0.2, -0.15) is 0 Å². The fraction of sp³-hybridized carbons (Fsp3) is 0.429. The van der Waals surface area contributed by atoms with Crippen molar-refractivity contribution in [1.29, 1.82) is 0 Å². The van der Waals surface area contributed by atoms with Crippen molar-refractivity contribution in [2.75, 3.05) is 0 Å². The molecule has 22 heavy (non-hydrogen) atoms. The van der Waals surface area contributed by atoms with Gasteiger partial charge in [-0.15, -0.1) is 11.3 Å². The van der Waals surface area contributed by atoms with E-state index in [2.05, 4.69) is 10.3 Å². The summed E-state index contributed by atoms with van der Waals surface area (Å²) < 4.78 is 1.43. The van der Waals surface area contributed by atoms with Gasteiger partial charge in [-0.1, -0.05) is 6.92 Å². The summed E-state index contributed by atoms with van der Waals surface area (Å²) in [6.45, 7) is 5.07. The predicted molar refractivity (Wildman–Crippen MR) is 83.5 cm³/mol. The maximum Gasteiger partial charge on any atom is 0.326 e. The number of aromatic nitrogens is 2. The van der Waals surface area contributed by atoms with Crippen LogP contribution in [0, 0.1) is 13.8 Å². The van der Waals surface area contributed by atoms with Gasteiger partial charge in [0.15, 0.2) is 0 Å². The van der Waals surface area contributed by atoms with E-state index in [0.717, 1.165) is 11.3 Å². The van der Waals surface area contributed by atoms with Gasteiger partial charge in [0.25, 0.3) is 11.5 Å². The van der Waals surface area contributed by atoms with E-state index in [-0.39, 0.29) is 12.0 Å². The number of nitrogens with zero attached hydrogens (tertiary/aromatic N) is 2. The summed E-state index contributed by atoms with van der Waals surface area (Å²) in [5.74, 6) is -1.02. The zero-order valence-electron chi connectivity index (χ0n) is 12.8. The minimum atomic E-state index is -1.08. The highest BCUT2D eigenvalue weighted by Crippen LogP contribution is 2.27. The molecule has 8 heteroatoms. The quantitative estimate of drug-likeness (QED) is 0.880. The van der Waals surface area contributed by atoms with E-state index in [9.17, 15) is 14.4 Å². The molecule has 0 aliphatic heterocycles. The number of hydrogen-bond donors (Lipinski definition) is 2. The fourth-order valence-electron chi connectivity index (χ4n) is 2.14. The normalized spacial score (nSPS) is 12.4. The van der Waals surface area contributed by atoms with Crippen molar-refractivity contribution in [3.05, 3.63) is 26.6 Å². The summed E-state index contributed by atoms with van der Waals surface area (Å²) in [5.41, 5.74) is 0.325. The lowest BCUT2D eigenvalue weighted by atomic mass is 10.2. The van der Waals surface area contributed by atoms with Gasteiger partial charge in [0, 0.05) is 7.05 Å². The number of thiophene rings is 1. The Balaban J connectivity index is 2.51. The lowest BCUT2D eigenvalue weighted by Crippen LogP contribution is -2.40. The number of carbonyl (C=O) groups excluding carboxylic acids is 1. The Morgan fingerprint density at radius 1 is 1.41 bits per heavy atom. The number of carboxylic acid groups (broad SMARTS) is 1. The second kappa shape index (κ2) is 5.88. The molecule has 0 fully saturated rings. The van der Waals surface area contributed by atoms with Crippen LogP contribution in [0.3, 0.4) is 0 Å². The zero-order chi connectivity index (χ0) is 16.6. The molecule has 0 radical (unpaired) electrons. The van der Waals surface area contributed by atoms with Crippen LogP contribution in [0.1, 0.15) is 34.4 Å². The van der Waals surface area contributed by atoms with E-state index >= 15 is 0 Å². The highest BCUT2D eigenvalue weighted by atomic mass is 32.1. The van der Waals surface area contributed by atoms with Crippen LogP contribution in [-0.2, 0) is 11.8 Å². The van der Waals surface area contributed by atoms with Crippen LogP contribution < -0.4 is 10.9 Å². The Bertz CT molecular complexity index is 822. The summed E-state index contributed by atoms with van der Waals surface area (Å²) >= 11 is 1.10. The molecule has 2 heterocycles. The smallest absolute Gasteiger partial charge is 0.326 e. The molecule has 1 unspecified atom stereocenters. The molecule has 1 atom stereocenters. The second-order valence-electron chi connectivity index (χ2n) is 5.03. The van der Waals surface area contributed by atoms with E-state index in [1.54, 1.807) is 27.8 Å². The van der Waals surface area contributed by atoms with Crippen LogP contribution in [0.5, 0.6) is 0 Å². The predicted octanol–water partition coefficient (Wildman–Crippen LogP) is 1.20. The molecular weight excluding hydrogens is 306 g/mol. The molecule has 2 aromatic rings. The van der Waals surface area contributed by atoms with E-state index in [1.807, 2.05) is 0 Å². The molecule has 0 aromatic carbocycles. The first-order valence-electron chi connectivity index (χ1n) is 6.78. The van der Waals surface area contributed by atoms with Gasteiger partial charge in [-0.3, -0.25) is 14.2 Å². The monoisotopic (exact) mass is 323 g/mol. The summed E-state index contributed by atoms with van der Waals surface area (Å²) in [7, 11) is 1.62. The van der Waals surface area contributed by atoms with Crippen LogP contribution in [0.15, 0.2) is 4.79 Å². The average molecular weight is 323 g/mol. The van der Waals surface area contributed by atoms with Crippen LogP contribution in [-0.4, -0.2) is 32.6 Å². The molecule has 0 spiro atoms. The SMILES string of the molecule is CCC(NC(=O)c1sc2nc(C)n(C)c(=O)c2c1C)C(=O)O. The number of carbonyl (C=O) groups is 2. The molecular formula is C14H17N3O4S. The number of fused-ring (bicyclic) bond motifs is 1. The topological polar surface area (TPSA) is 101 Å². The van der Waals surface area contributed by atoms with Crippen molar-refractivity contribution >= 4 is 33.4 Å². The highest BCUT2D eigenvalue weighted by Gasteiger charge is 2.23. The number of rotatable bonds is 4. The number of hydrogen-bond acceptors (Lipinski definition) is 5. The van der Waals surface area contributed by atoms with Crippen molar-refractivity contribution in [1.82, 2.24) is 14.9 Å². The Kier molecular flexibility index (Phi) is 4.32. The molecule has 2 N–H and O–H groups in total. The zero-order valence-corrected chi connectivity index (χ0v) is 13.6. The van der Waals surface area contributed by atoms with Crippen LogP contribution >= 0.6 is 11.3 Å². The summed E-state index contributed by atoms with van der Waals surface area (Å²) in [4.78, 5) is 40.7. The molecule has 0 aliphatic carbocycles. The minimum Gasteiger partial charge on any atom is -0.480 e. The molecule has 0 aliphatic rings. The average Bonchev–Trinajstić information content (AvgIpc) is 2.78. The van der Waals surface area contributed by atoms with Crippen LogP contribution in [0.25, 0.3) is 10.2 Å². The molecule has 2 aromatic heterocycles. The first-order valence-corrected chi connectivity index (χ1v) is 7.60.